The minimum Gasteiger partial charge on any atom is -0.369 e. The maximum atomic E-state index is 11.7. The zero-order chi connectivity index (χ0) is 12.9. The Morgan fingerprint density at radius 1 is 1.29 bits per heavy atom. The number of hydrogen-bond acceptors (Lipinski definition) is 3. The molecule has 0 aliphatic rings. The average molecular weight is 236 g/mol. The maximum Gasteiger partial charge on any atom is 0.251 e. The van der Waals surface area contributed by atoms with Gasteiger partial charge in [-0.15, -0.1) is 0 Å². The van der Waals surface area contributed by atoms with E-state index in [1.165, 1.54) is 7.11 Å². The van der Waals surface area contributed by atoms with E-state index in [4.69, 9.17) is 10.5 Å². The van der Waals surface area contributed by atoms with E-state index in [-0.39, 0.29) is 5.91 Å². The van der Waals surface area contributed by atoms with Crippen molar-refractivity contribution in [1.82, 2.24) is 5.32 Å². The number of carbonyl (C=O) groups is 1. The third-order valence-electron chi connectivity index (χ3n) is 2.77. The van der Waals surface area contributed by atoms with E-state index in [1.807, 2.05) is 24.3 Å². The molecule has 0 radical (unpaired) electrons. The molecule has 0 aromatic heterocycles. The molecule has 3 N–H and O–H groups in total. The normalized spacial score (nSPS) is 11.3. The number of hydrogen-bond donors (Lipinski definition) is 2. The number of ether oxygens (including phenoxy) is 1. The second-order valence-corrected chi connectivity index (χ2v) is 4.42. The highest BCUT2D eigenvalue weighted by atomic mass is 16.5. The van der Waals surface area contributed by atoms with Crippen LogP contribution in [0.15, 0.2) is 24.3 Å². The van der Waals surface area contributed by atoms with Gasteiger partial charge in [-0.05, 0) is 25.0 Å². The number of methoxy groups -OCH3 is 1. The molecule has 4 heteroatoms. The summed E-state index contributed by atoms with van der Waals surface area (Å²) in [4.78, 5) is 11.7. The molecule has 0 atom stereocenters. The van der Waals surface area contributed by atoms with E-state index in [0.717, 1.165) is 11.1 Å². The van der Waals surface area contributed by atoms with Gasteiger partial charge in [0.15, 0.2) is 0 Å². The lowest BCUT2D eigenvalue weighted by Crippen LogP contribution is -2.43. The van der Waals surface area contributed by atoms with Crippen LogP contribution in [0.5, 0.6) is 0 Å². The van der Waals surface area contributed by atoms with Crippen LogP contribution in [-0.4, -0.2) is 18.6 Å². The van der Waals surface area contributed by atoms with Gasteiger partial charge in [0.2, 0.25) is 0 Å². The molecular weight excluding hydrogens is 216 g/mol. The third kappa shape index (κ3) is 3.84. The van der Waals surface area contributed by atoms with Crippen molar-refractivity contribution in [2.75, 3.05) is 7.11 Å². The van der Waals surface area contributed by atoms with Gasteiger partial charge in [-0.1, -0.05) is 24.3 Å². The average Bonchev–Trinajstić information content (AvgIpc) is 2.36. The summed E-state index contributed by atoms with van der Waals surface area (Å²) >= 11 is 0. The van der Waals surface area contributed by atoms with E-state index in [0.29, 0.717) is 13.1 Å². The summed E-state index contributed by atoms with van der Waals surface area (Å²) in [5.41, 5.74) is 6.84. The van der Waals surface area contributed by atoms with E-state index in [1.54, 1.807) is 13.8 Å². The van der Waals surface area contributed by atoms with Crippen molar-refractivity contribution in [3.05, 3.63) is 35.4 Å². The minimum atomic E-state index is -0.794. The van der Waals surface area contributed by atoms with Crippen molar-refractivity contribution in [2.24, 2.45) is 5.73 Å². The summed E-state index contributed by atoms with van der Waals surface area (Å²) < 4.78 is 5.10. The molecule has 17 heavy (non-hydrogen) atoms. The number of nitrogens with two attached hydrogens (primary N) is 1. The number of amides is 1. The van der Waals surface area contributed by atoms with Gasteiger partial charge in [-0.25, -0.2) is 0 Å². The van der Waals surface area contributed by atoms with Crippen LogP contribution in [0.3, 0.4) is 0 Å². The van der Waals surface area contributed by atoms with Crippen LogP contribution in [0.1, 0.15) is 25.0 Å². The summed E-state index contributed by atoms with van der Waals surface area (Å²) in [6.07, 6.45) is 0. The lowest BCUT2D eigenvalue weighted by molar-refractivity contribution is -0.139. The molecule has 0 saturated carbocycles. The number of nitrogens with one attached hydrogen (secondary N) is 1. The Morgan fingerprint density at radius 2 is 1.82 bits per heavy atom. The Morgan fingerprint density at radius 3 is 2.29 bits per heavy atom. The van der Waals surface area contributed by atoms with Crippen LogP contribution in [0.25, 0.3) is 0 Å². The predicted molar refractivity (Wildman–Crippen MR) is 67.3 cm³/mol. The van der Waals surface area contributed by atoms with Gasteiger partial charge < -0.3 is 15.8 Å². The van der Waals surface area contributed by atoms with Gasteiger partial charge in [-0.2, -0.15) is 0 Å². The van der Waals surface area contributed by atoms with Crippen LogP contribution in [-0.2, 0) is 22.6 Å². The molecule has 0 unspecified atom stereocenters. The second kappa shape index (κ2) is 5.80. The Hall–Kier alpha value is -1.39. The van der Waals surface area contributed by atoms with Gasteiger partial charge in [0.1, 0.15) is 5.60 Å². The highest BCUT2D eigenvalue weighted by Crippen LogP contribution is 2.08. The molecule has 1 aromatic carbocycles. The van der Waals surface area contributed by atoms with Crippen LogP contribution < -0.4 is 11.1 Å². The molecular formula is C13H20N2O2. The zero-order valence-corrected chi connectivity index (χ0v) is 10.6. The fourth-order valence-corrected chi connectivity index (χ4v) is 1.28. The van der Waals surface area contributed by atoms with Crippen molar-refractivity contribution >= 4 is 5.91 Å². The molecule has 0 aliphatic carbocycles. The van der Waals surface area contributed by atoms with Crippen molar-refractivity contribution in [3.8, 4) is 0 Å². The molecule has 0 fully saturated rings. The van der Waals surface area contributed by atoms with Crippen molar-refractivity contribution in [2.45, 2.75) is 32.5 Å². The van der Waals surface area contributed by atoms with Gasteiger partial charge in [0.25, 0.3) is 5.91 Å². The molecule has 0 saturated heterocycles. The largest absolute Gasteiger partial charge is 0.369 e. The van der Waals surface area contributed by atoms with Crippen LogP contribution >= 0.6 is 0 Å². The highest BCUT2D eigenvalue weighted by molar-refractivity contribution is 5.84. The molecule has 0 spiro atoms. The fraction of sp³-hybridized carbons (Fsp3) is 0.462. The predicted octanol–water partition coefficient (Wildman–Crippen LogP) is 1.19. The van der Waals surface area contributed by atoms with Crippen molar-refractivity contribution < 1.29 is 9.53 Å². The van der Waals surface area contributed by atoms with Crippen molar-refractivity contribution in [3.63, 3.8) is 0 Å². The van der Waals surface area contributed by atoms with Crippen LogP contribution in [0.2, 0.25) is 0 Å². The Labute approximate surface area is 102 Å². The van der Waals surface area contributed by atoms with E-state index in [2.05, 4.69) is 5.32 Å². The summed E-state index contributed by atoms with van der Waals surface area (Å²) in [6, 6.07) is 7.84. The molecule has 0 heterocycles. The Balaban J connectivity index is 2.53. The summed E-state index contributed by atoms with van der Waals surface area (Å²) in [6.45, 7) is 4.50. The molecule has 0 aliphatic heterocycles. The first-order valence-corrected chi connectivity index (χ1v) is 5.61. The lowest BCUT2D eigenvalue weighted by Gasteiger charge is -2.21. The standard InChI is InChI=1S/C13H20N2O2/c1-13(2,17-3)12(16)15-9-11-6-4-10(8-14)5-7-11/h4-7H,8-9,14H2,1-3H3,(H,15,16). The van der Waals surface area contributed by atoms with Gasteiger partial charge in [0.05, 0.1) is 0 Å². The Kier molecular flexibility index (Phi) is 4.66. The molecule has 1 rings (SSSR count). The lowest BCUT2D eigenvalue weighted by atomic mass is 10.1. The number of rotatable bonds is 5. The van der Waals surface area contributed by atoms with Gasteiger partial charge >= 0.3 is 0 Å². The van der Waals surface area contributed by atoms with E-state index >= 15 is 0 Å². The number of benzene rings is 1. The monoisotopic (exact) mass is 236 g/mol. The van der Waals surface area contributed by atoms with E-state index < -0.39 is 5.60 Å². The van der Waals surface area contributed by atoms with Crippen molar-refractivity contribution in [1.29, 1.82) is 0 Å². The SMILES string of the molecule is COC(C)(C)C(=O)NCc1ccc(CN)cc1. The van der Waals surface area contributed by atoms with Gasteiger partial charge in [0, 0.05) is 20.2 Å². The summed E-state index contributed by atoms with van der Waals surface area (Å²) in [7, 11) is 1.52. The first-order chi connectivity index (χ1) is 7.99. The maximum absolute atomic E-state index is 11.7. The molecule has 1 aromatic rings. The third-order valence-corrected chi connectivity index (χ3v) is 2.77. The summed E-state index contributed by atoms with van der Waals surface area (Å²) in [5.74, 6) is -0.122. The molecule has 0 bridgehead atoms. The second-order valence-electron chi connectivity index (χ2n) is 4.42. The summed E-state index contributed by atoms with van der Waals surface area (Å²) in [5, 5.41) is 2.83. The van der Waals surface area contributed by atoms with Gasteiger partial charge in [-0.3, -0.25) is 4.79 Å². The number of carbonyl (C=O) groups excluding carboxylic acids is 1. The zero-order valence-electron chi connectivity index (χ0n) is 10.6. The fourth-order valence-electron chi connectivity index (χ4n) is 1.28. The molecule has 94 valence electrons. The molecule has 1 amide bonds. The topological polar surface area (TPSA) is 64.3 Å². The van der Waals surface area contributed by atoms with Crippen LogP contribution in [0, 0.1) is 0 Å². The quantitative estimate of drug-likeness (QED) is 0.807. The Bertz CT molecular complexity index is 372. The van der Waals surface area contributed by atoms with Crippen LogP contribution in [0.4, 0.5) is 0 Å². The first kappa shape index (κ1) is 13.7. The smallest absolute Gasteiger partial charge is 0.251 e. The highest BCUT2D eigenvalue weighted by Gasteiger charge is 2.26. The minimum absolute atomic E-state index is 0.122. The van der Waals surface area contributed by atoms with E-state index in [9.17, 15) is 4.79 Å². The molecule has 4 nitrogen and oxygen atoms in total. The first-order valence-electron chi connectivity index (χ1n) is 5.61.